The molecule has 0 saturated carbocycles. The highest BCUT2D eigenvalue weighted by atomic mass is 32.1. The van der Waals surface area contributed by atoms with E-state index in [1.165, 1.54) is 5.56 Å². The van der Waals surface area contributed by atoms with Gasteiger partial charge in [-0.1, -0.05) is 84.9 Å². The fraction of sp³-hybridized carbons (Fsp3) is 0.267. The predicted octanol–water partition coefficient (Wildman–Crippen LogP) is 8.23. The van der Waals surface area contributed by atoms with Gasteiger partial charge in [-0.2, -0.15) is 27.0 Å². The summed E-state index contributed by atoms with van der Waals surface area (Å²) in [4.78, 5) is 48.9. The van der Waals surface area contributed by atoms with Crippen LogP contribution in [0, 0.1) is 11.8 Å². The Morgan fingerprint density at radius 3 is 1.67 bits per heavy atom. The topological polar surface area (TPSA) is 126 Å². The van der Waals surface area contributed by atoms with Gasteiger partial charge in [0.15, 0.2) is 0 Å². The van der Waals surface area contributed by atoms with Gasteiger partial charge in [-0.3, -0.25) is 19.6 Å². The molecular formula is C45H50N6O4S2. The van der Waals surface area contributed by atoms with Crippen LogP contribution in [-0.2, 0) is 14.3 Å². The Bertz CT molecular complexity index is 2280. The minimum Gasteiger partial charge on any atom is -0.444 e. The number of fused-ring (bicyclic) bond motifs is 2. The highest BCUT2D eigenvalue weighted by molar-refractivity contribution is 7.59. The SMILES string of the molecule is CC(C)(C)OC(=O)N1CC(C(=O)Nc2cccc3cnccc23)[C@@H](c2ccccc2)C1.O=C(Nc1cccc2cnccc12)[C@@H]1CNC[C@@H]1c1ccccc1.S.S. The smallest absolute Gasteiger partial charge is 0.410 e. The Kier molecular flexibility index (Phi) is 14.3. The zero-order valence-corrected chi connectivity index (χ0v) is 34.3. The first kappa shape index (κ1) is 42.7. The zero-order valence-electron chi connectivity index (χ0n) is 32.3. The maximum atomic E-state index is 13.4. The molecule has 0 spiro atoms. The highest BCUT2D eigenvalue weighted by Crippen LogP contribution is 2.35. The van der Waals surface area contributed by atoms with Crippen LogP contribution in [-0.4, -0.2) is 64.6 Å². The first-order valence-electron chi connectivity index (χ1n) is 18.7. The van der Waals surface area contributed by atoms with Crippen molar-refractivity contribution in [3.8, 4) is 0 Å². The van der Waals surface area contributed by atoms with Crippen molar-refractivity contribution in [1.82, 2.24) is 20.2 Å². The number of carbonyl (C=O) groups is 3. The molecule has 0 radical (unpaired) electrons. The van der Waals surface area contributed by atoms with Gasteiger partial charge in [0.2, 0.25) is 11.8 Å². The number of carbonyl (C=O) groups excluding carboxylic acids is 3. The van der Waals surface area contributed by atoms with E-state index >= 15 is 0 Å². The van der Waals surface area contributed by atoms with Crippen molar-refractivity contribution < 1.29 is 19.1 Å². The molecule has 6 aromatic rings. The number of nitrogens with zero attached hydrogens (tertiary/aromatic N) is 3. The number of nitrogens with one attached hydrogen (secondary N) is 3. The summed E-state index contributed by atoms with van der Waals surface area (Å²) in [6, 6.07) is 35.6. The molecule has 10 nitrogen and oxygen atoms in total. The van der Waals surface area contributed by atoms with E-state index in [2.05, 4.69) is 38.1 Å². The Morgan fingerprint density at radius 1 is 0.632 bits per heavy atom. The molecule has 4 atom stereocenters. The minimum atomic E-state index is -0.587. The molecule has 3 amide bonds. The lowest BCUT2D eigenvalue weighted by molar-refractivity contribution is -0.120. The summed E-state index contributed by atoms with van der Waals surface area (Å²) in [5, 5.41) is 13.5. The van der Waals surface area contributed by atoms with Gasteiger partial charge in [0.05, 0.1) is 11.8 Å². The number of likely N-dealkylation sites (tertiary alicyclic amines) is 1. The van der Waals surface area contributed by atoms with E-state index in [0.29, 0.717) is 19.6 Å². The third-order valence-electron chi connectivity index (χ3n) is 10.2. The Balaban J connectivity index is 0.000000216. The van der Waals surface area contributed by atoms with Crippen molar-refractivity contribution in [1.29, 1.82) is 0 Å². The number of benzene rings is 4. The lowest BCUT2D eigenvalue weighted by Gasteiger charge is -2.24. The fourth-order valence-corrected chi connectivity index (χ4v) is 7.50. The average molecular weight is 803 g/mol. The van der Waals surface area contributed by atoms with Gasteiger partial charge in [0.1, 0.15) is 5.60 Å². The van der Waals surface area contributed by atoms with Crippen LogP contribution in [0.4, 0.5) is 16.2 Å². The first-order chi connectivity index (χ1) is 26.6. The van der Waals surface area contributed by atoms with Gasteiger partial charge in [0.25, 0.3) is 0 Å². The number of anilines is 2. The van der Waals surface area contributed by atoms with Crippen molar-refractivity contribution in [3.05, 3.63) is 145 Å². The van der Waals surface area contributed by atoms with E-state index in [4.69, 9.17) is 4.74 Å². The summed E-state index contributed by atoms with van der Waals surface area (Å²) in [5.41, 5.74) is 3.25. The second-order valence-corrected chi connectivity index (χ2v) is 15.1. The summed E-state index contributed by atoms with van der Waals surface area (Å²) < 4.78 is 5.56. The Morgan fingerprint density at radius 2 is 1.14 bits per heavy atom. The van der Waals surface area contributed by atoms with E-state index in [-0.39, 0.29) is 68.6 Å². The third kappa shape index (κ3) is 10.3. The van der Waals surface area contributed by atoms with Crippen LogP contribution < -0.4 is 16.0 Å². The maximum Gasteiger partial charge on any atom is 0.410 e. The van der Waals surface area contributed by atoms with Gasteiger partial charge < -0.3 is 25.6 Å². The lowest BCUT2D eigenvalue weighted by atomic mass is 9.88. The lowest BCUT2D eigenvalue weighted by Crippen LogP contribution is -2.36. The molecule has 4 heterocycles. The summed E-state index contributed by atoms with van der Waals surface area (Å²) in [5.74, 6) is -0.382. The summed E-state index contributed by atoms with van der Waals surface area (Å²) >= 11 is 0. The van der Waals surface area contributed by atoms with Gasteiger partial charge in [0, 0.05) is 95.7 Å². The van der Waals surface area contributed by atoms with Crippen LogP contribution in [0.15, 0.2) is 134 Å². The number of pyridine rings is 2. The monoisotopic (exact) mass is 802 g/mol. The Hall–Kier alpha value is -5.43. The first-order valence-corrected chi connectivity index (χ1v) is 18.7. The van der Waals surface area contributed by atoms with Crippen molar-refractivity contribution in [2.24, 2.45) is 11.8 Å². The molecule has 296 valence electrons. The molecule has 0 aliphatic carbocycles. The highest BCUT2D eigenvalue weighted by Gasteiger charge is 2.42. The molecule has 2 aromatic heterocycles. The summed E-state index contributed by atoms with van der Waals surface area (Å²) in [7, 11) is 0. The number of amides is 3. The van der Waals surface area contributed by atoms with E-state index < -0.39 is 5.60 Å². The molecule has 0 bridgehead atoms. The van der Waals surface area contributed by atoms with Crippen LogP contribution in [0.1, 0.15) is 43.7 Å². The molecule has 1 unspecified atom stereocenters. The number of rotatable bonds is 6. The van der Waals surface area contributed by atoms with E-state index in [1.54, 1.807) is 23.5 Å². The molecule has 8 rings (SSSR count). The summed E-state index contributed by atoms with van der Waals surface area (Å²) in [6.07, 6.45) is 6.67. The summed E-state index contributed by atoms with van der Waals surface area (Å²) in [6.45, 7) is 7.82. The van der Waals surface area contributed by atoms with Crippen LogP contribution >= 0.6 is 27.0 Å². The minimum absolute atomic E-state index is 0. The predicted molar refractivity (Wildman–Crippen MR) is 238 cm³/mol. The molecule has 3 N–H and O–H groups in total. The van der Waals surface area contributed by atoms with Crippen molar-refractivity contribution in [3.63, 3.8) is 0 Å². The standard InChI is InChI=1S/C25H27N3O3.C20H19N3O.2H2S/c1-25(2,3)31-24(30)28-15-20(17-8-5-4-6-9-17)21(16-28)23(29)27-22-11-7-10-18-14-26-13-12-19(18)22;24-20(18-13-22-12-17(18)14-5-2-1-3-6-14)23-19-8-4-7-15-11-21-10-9-16(15)19;;/h4-14,20-21H,15-16H2,1-3H3,(H,27,29);1-11,17-18,22H,12-13H2,(H,23,24);2*1H2/t20-,21?;17-,18-;;/m11../s1. The Labute approximate surface area is 347 Å². The van der Waals surface area contributed by atoms with Gasteiger partial charge in [-0.25, -0.2) is 4.79 Å². The van der Waals surface area contributed by atoms with Crippen LogP contribution in [0.3, 0.4) is 0 Å². The van der Waals surface area contributed by atoms with Crippen molar-refractivity contribution in [2.45, 2.75) is 38.2 Å². The van der Waals surface area contributed by atoms with Crippen LogP contribution in [0.25, 0.3) is 21.5 Å². The molecule has 12 heteroatoms. The van der Waals surface area contributed by atoms with Gasteiger partial charge >= 0.3 is 6.09 Å². The maximum absolute atomic E-state index is 13.4. The largest absolute Gasteiger partial charge is 0.444 e. The number of ether oxygens (including phenoxy) is 1. The molecule has 2 aliphatic rings. The number of hydrogen-bond donors (Lipinski definition) is 3. The van der Waals surface area contributed by atoms with Crippen LogP contribution in [0.2, 0.25) is 0 Å². The second kappa shape index (κ2) is 19.1. The normalized spacial score (nSPS) is 18.7. The zero-order chi connectivity index (χ0) is 38.4. The number of aromatic nitrogens is 2. The molecule has 2 aliphatic heterocycles. The van der Waals surface area contributed by atoms with E-state index in [1.807, 2.05) is 124 Å². The van der Waals surface area contributed by atoms with Crippen LogP contribution in [0.5, 0.6) is 0 Å². The van der Waals surface area contributed by atoms with Gasteiger partial charge in [-0.05, 0) is 56.2 Å². The number of hydrogen-bond acceptors (Lipinski definition) is 7. The molecule has 57 heavy (non-hydrogen) atoms. The average Bonchev–Trinajstić information content (AvgIpc) is 3.88. The molecule has 4 aromatic carbocycles. The fourth-order valence-electron chi connectivity index (χ4n) is 7.50. The van der Waals surface area contributed by atoms with E-state index in [0.717, 1.165) is 45.0 Å². The third-order valence-corrected chi connectivity index (χ3v) is 10.2. The molecular weight excluding hydrogens is 753 g/mol. The molecule has 2 fully saturated rings. The van der Waals surface area contributed by atoms with Crippen molar-refractivity contribution >= 4 is 77.8 Å². The van der Waals surface area contributed by atoms with E-state index in [9.17, 15) is 14.4 Å². The van der Waals surface area contributed by atoms with Crippen molar-refractivity contribution in [2.75, 3.05) is 36.8 Å². The second-order valence-electron chi connectivity index (χ2n) is 15.1. The van der Waals surface area contributed by atoms with Gasteiger partial charge in [-0.15, -0.1) is 0 Å². The quantitative estimate of drug-likeness (QED) is 0.155. The molecule has 2 saturated heterocycles.